The van der Waals surface area contributed by atoms with Gasteiger partial charge >= 0.3 is 0 Å². The summed E-state index contributed by atoms with van der Waals surface area (Å²) in [6.45, 7) is 2.10. The van der Waals surface area contributed by atoms with Gasteiger partial charge in [0, 0.05) is 17.1 Å². The summed E-state index contributed by atoms with van der Waals surface area (Å²) in [6.07, 6.45) is 4.08. The number of aliphatic hydroxyl groups is 1. The van der Waals surface area contributed by atoms with Crippen molar-refractivity contribution in [2.45, 2.75) is 50.8 Å². The van der Waals surface area contributed by atoms with E-state index in [4.69, 9.17) is 11.6 Å². The van der Waals surface area contributed by atoms with E-state index in [9.17, 15) is 5.11 Å². The molecule has 0 radical (unpaired) electrons. The van der Waals surface area contributed by atoms with E-state index in [0.29, 0.717) is 0 Å². The molecule has 0 spiro atoms. The first-order chi connectivity index (χ1) is 8.18. The van der Waals surface area contributed by atoms with Crippen molar-refractivity contribution >= 4 is 11.6 Å². The third kappa shape index (κ3) is 3.21. The Balaban J connectivity index is 2.01. The Hall–Kier alpha value is -0.570. The molecule has 3 atom stereocenters. The van der Waals surface area contributed by atoms with Crippen LogP contribution in [0.5, 0.6) is 0 Å². The van der Waals surface area contributed by atoms with E-state index in [1.54, 1.807) is 0 Å². The Morgan fingerprint density at radius 2 is 2.00 bits per heavy atom. The maximum absolute atomic E-state index is 9.94. The lowest BCUT2D eigenvalue weighted by atomic mass is 9.91. The Morgan fingerprint density at radius 3 is 2.71 bits per heavy atom. The highest BCUT2D eigenvalue weighted by Gasteiger charge is 2.24. The van der Waals surface area contributed by atoms with Crippen LogP contribution in [-0.2, 0) is 0 Å². The summed E-state index contributed by atoms with van der Waals surface area (Å²) < 4.78 is 0. The molecular weight excluding hydrogens is 234 g/mol. The molecule has 1 unspecified atom stereocenters. The zero-order valence-corrected chi connectivity index (χ0v) is 11.0. The predicted molar refractivity (Wildman–Crippen MR) is 71.3 cm³/mol. The van der Waals surface area contributed by atoms with Gasteiger partial charge in [-0.1, -0.05) is 42.6 Å². The quantitative estimate of drug-likeness (QED) is 0.867. The molecule has 0 amide bonds. The van der Waals surface area contributed by atoms with Crippen LogP contribution in [0.1, 0.15) is 44.2 Å². The van der Waals surface area contributed by atoms with Crippen molar-refractivity contribution in [1.29, 1.82) is 0 Å². The van der Waals surface area contributed by atoms with Crippen molar-refractivity contribution in [2.24, 2.45) is 0 Å². The first-order valence-corrected chi connectivity index (χ1v) is 6.75. The lowest BCUT2D eigenvalue weighted by Crippen LogP contribution is -2.43. The maximum atomic E-state index is 9.94. The van der Waals surface area contributed by atoms with Crippen LogP contribution in [0.15, 0.2) is 24.3 Å². The molecule has 1 fully saturated rings. The van der Waals surface area contributed by atoms with E-state index in [2.05, 4.69) is 12.2 Å². The normalized spacial score (nSPS) is 26.8. The SMILES string of the molecule is CC(N[C@H]1CCCC[C@@H]1O)c1ccccc1Cl. The highest BCUT2D eigenvalue weighted by molar-refractivity contribution is 6.31. The average Bonchev–Trinajstić information content (AvgIpc) is 2.32. The van der Waals surface area contributed by atoms with Gasteiger partial charge in [-0.05, 0) is 31.4 Å². The number of hydrogen-bond acceptors (Lipinski definition) is 2. The fourth-order valence-corrected chi connectivity index (χ4v) is 2.84. The highest BCUT2D eigenvalue weighted by atomic mass is 35.5. The second kappa shape index (κ2) is 5.85. The Bertz CT molecular complexity index is 369. The van der Waals surface area contributed by atoms with E-state index >= 15 is 0 Å². The Kier molecular flexibility index (Phi) is 4.43. The summed E-state index contributed by atoms with van der Waals surface area (Å²) in [4.78, 5) is 0. The van der Waals surface area contributed by atoms with E-state index in [-0.39, 0.29) is 18.2 Å². The van der Waals surface area contributed by atoms with E-state index in [1.807, 2.05) is 24.3 Å². The second-order valence-corrected chi connectivity index (χ2v) is 5.28. The summed E-state index contributed by atoms with van der Waals surface area (Å²) in [5.74, 6) is 0. The molecule has 1 saturated carbocycles. The largest absolute Gasteiger partial charge is 0.392 e. The second-order valence-electron chi connectivity index (χ2n) is 4.87. The first kappa shape index (κ1) is 12.9. The zero-order valence-electron chi connectivity index (χ0n) is 10.2. The molecule has 1 aliphatic carbocycles. The van der Waals surface area contributed by atoms with Crippen LogP contribution >= 0.6 is 11.6 Å². The molecule has 17 heavy (non-hydrogen) atoms. The number of hydrogen-bond donors (Lipinski definition) is 2. The summed E-state index contributed by atoms with van der Waals surface area (Å²) in [7, 11) is 0. The third-order valence-electron chi connectivity index (χ3n) is 3.57. The van der Waals surface area contributed by atoms with Gasteiger partial charge in [0.1, 0.15) is 0 Å². The van der Waals surface area contributed by atoms with E-state index in [0.717, 1.165) is 29.8 Å². The fourth-order valence-electron chi connectivity index (χ4n) is 2.54. The van der Waals surface area contributed by atoms with Gasteiger partial charge in [-0.15, -0.1) is 0 Å². The molecule has 1 aliphatic rings. The fraction of sp³-hybridized carbons (Fsp3) is 0.571. The molecule has 0 heterocycles. The van der Waals surface area contributed by atoms with Crippen molar-refractivity contribution in [3.63, 3.8) is 0 Å². The van der Waals surface area contributed by atoms with Crippen LogP contribution in [0, 0.1) is 0 Å². The molecule has 0 aliphatic heterocycles. The first-order valence-electron chi connectivity index (χ1n) is 6.37. The molecule has 2 nitrogen and oxygen atoms in total. The Morgan fingerprint density at radius 1 is 1.29 bits per heavy atom. The van der Waals surface area contributed by atoms with Crippen molar-refractivity contribution in [3.8, 4) is 0 Å². The van der Waals surface area contributed by atoms with Crippen LogP contribution in [-0.4, -0.2) is 17.3 Å². The molecule has 2 rings (SSSR count). The minimum Gasteiger partial charge on any atom is -0.392 e. The van der Waals surface area contributed by atoms with Gasteiger partial charge < -0.3 is 10.4 Å². The molecule has 0 aromatic heterocycles. The molecule has 0 saturated heterocycles. The standard InChI is InChI=1S/C14H20ClNO/c1-10(11-6-2-3-7-12(11)15)16-13-8-4-5-9-14(13)17/h2-3,6-7,10,13-14,16-17H,4-5,8-9H2,1H3/t10?,13-,14-/m0/s1. The highest BCUT2D eigenvalue weighted by Crippen LogP contribution is 2.25. The van der Waals surface area contributed by atoms with Crippen LogP contribution in [0.2, 0.25) is 5.02 Å². The van der Waals surface area contributed by atoms with Crippen LogP contribution < -0.4 is 5.32 Å². The van der Waals surface area contributed by atoms with Crippen LogP contribution in [0.4, 0.5) is 0 Å². The topological polar surface area (TPSA) is 32.3 Å². The van der Waals surface area contributed by atoms with Gasteiger partial charge in [0.05, 0.1) is 6.10 Å². The van der Waals surface area contributed by atoms with Gasteiger partial charge in [-0.3, -0.25) is 0 Å². The summed E-state index contributed by atoms with van der Waals surface area (Å²) >= 11 is 6.17. The van der Waals surface area contributed by atoms with E-state index in [1.165, 1.54) is 6.42 Å². The average molecular weight is 254 g/mol. The molecule has 1 aromatic rings. The van der Waals surface area contributed by atoms with Crippen molar-refractivity contribution in [1.82, 2.24) is 5.32 Å². The lowest BCUT2D eigenvalue weighted by Gasteiger charge is -2.31. The van der Waals surface area contributed by atoms with Gasteiger partial charge in [-0.25, -0.2) is 0 Å². The maximum Gasteiger partial charge on any atom is 0.0693 e. The number of halogens is 1. The van der Waals surface area contributed by atoms with Crippen molar-refractivity contribution < 1.29 is 5.11 Å². The Labute approximate surface area is 108 Å². The molecular formula is C14H20ClNO. The summed E-state index contributed by atoms with van der Waals surface area (Å²) in [5, 5.41) is 14.2. The number of rotatable bonds is 3. The van der Waals surface area contributed by atoms with Gasteiger partial charge in [-0.2, -0.15) is 0 Å². The monoisotopic (exact) mass is 253 g/mol. The molecule has 2 N–H and O–H groups in total. The third-order valence-corrected chi connectivity index (χ3v) is 3.91. The van der Waals surface area contributed by atoms with Crippen molar-refractivity contribution in [2.75, 3.05) is 0 Å². The van der Waals surface area contributed by atoms with Crippen LogP contribution in [0.3, 0.4) is 0 Å². The van der Waals surface area contributed by atoms with Gasteiger partial charge in [0.2, 0.25) is 0 Å². The number of nitrogens with one attached hydrogen (secondary N) is 1. The minimum absolute atomic E-state index is 0.182. The number of aliphatic hydroxyl groups excluding tert-OH is 1. The summed E-state index contributed by atoms with van der Waals surface area (Å²) in [6, 6.07) is 8.27. The lowest BCUT2D eigenvalue weighted by molar-refractivity contribution is 0.0860. The van der Waals surface area contributed by atoms with E-state index < -0.39 is 0 Å². The summed E-state index contributed by atoms with van der Waals surface area (Å²) in [5.41, 5.74) is 1.10. The zero-order chi connectivity index (χ0) is 12.3. The minimum atomic E-state index is -0.214. The smallest absolute Gasteiger partial charge is 0.0693 e. The van der Waals surface area contributed by atoms with Gasteiger partial charge in [0.15, 0.2) is 0 Å². The van der Waals surface area contributed by atoms with Gasteiger partial charge in [0.25, 0.3) is 0 Å². The molecule has 3 heteroatoms. The molecule has 94 valence electrons. The number of benzene rings is 1. The molecule has 1 aromatic carbocycles. The van der Waals surface area contributed by atoms with Crippen molar-refractivity contribution in [3.05, 3.63) is 34.9 Å². The van der Waals surface area contributed by atoms with Crippen LogP contribution in [0.25, 0.3) is 0 Å². The molecule has 0 bridgehead atoms. The predicted octanol–water partition coefficient (Wildman–Crippen LogP) is 3.29.